The van der Waals surface area contributed by atoms with Gasteiger partial charge < -0.3 is 21.5 Å². The van der Waals surface area contributed by atoms with E-state index >= 15 is 0 Å². The number of nitrogens with two attached hydrogens (primary N) is 2. The molecule has 15 heavy (non-hydrogen) atoms. The molecule has 0 radical (unpaired) electrons. The SMILES string of the molecule is NC(=O)CC(N)C(=O)N1CCC[C@H](O)C1. The number of piperidine rings is 1. The van der Waals surface area contributed by atoms with Gasteiger partial charge in [0.2, 0.25) is 11.8 Å². The largest absolute Gasteiger partial charge is 0.391 e. The molecule has 1 fully saturated rings. The first kappa shape index (κ1) is 11.9. The van der Waals surface area contributed by atoms with Gasteiger partial charge in [0.1, 0.15) is 0 Å². The average Bonchev–Trinajstić information content (AvgIpc) is 2.15. The Balaban J connectivity index is 2.47. The van der Waals surface area contributed by atoms with Crippen molar-refractivity contribution in [3.8, 4) is 0 Å². The smallest absolute Gasteiger partial charge is 0.240 e. The first-order chi connectivity index (χ1) is 7.00. The Hall–Kier alpha value is -1.14. The molecule has 0 aromatic heterocycles. The van der Waals surface area contributed by atoms with Crippen LogP contribution in [0.3, 0.4) is 0 Å². The van der Waals surface area contributed by atoms with Gasteiger partial charge in [-0.15, -0.1) is 0 Å². The van der Waals surface area contributed by atoms with Crippen molar-refractivity contribution in [2.24, 2.45) is 11.5 Å². The third-order valence-corrected chi connectivity index (χ3v) is 2.45. The molecule has 1 aliphatic heterocycles. The highest BCUT2D eigenvalue weighted by Gasteiger charge is 2.26. The van der Waals surface area contributed by atoms with Gasteiger partial charge in [0.15, 0.2) is 0 Å². The van der Waals surface area contributed by atoms with E-state index in [2.05, 4.69) is 0 Å². The van der Waals surface area contributed by atoms with Crippen LogP contribution in [0.15, 0.2) is 0 Å². The summed E-state index contributed by atoms with van der Waals surface area (Å²) in [6, 6.07) is -0.882. The van der Waals surface area contributed by atoms with Gasteiger partial charge in [0.25, 0.3) is 0 Å². The highest BCUT2D eigenvalue weighted by Crippen LogP contribution is 2.11. The predicted molar refractivity (Wildman–Crippen MR) is 53.6 cm³/mol. The molecule has 0 aromatic carbocycles. The zero-order valence-corrected chi connectivity index (χ0v) is 8.56. The molecule has 0 aliphatic carbocycles. The number of carbonyl (C=O) groups excluding carboxylic acids is 2. The maximum atomic E-state index is 11.7. The molecule has 0 spiro atoms. The van der Waals surface area contributed by atoms with E-state index in [1.807, 2.05) is 0 Å². The third-order valence-electron chi connectivity index (χ3n) is 2.45. The molecule has 2 atom stereocenters. The third kappa shape index (κ3) is 3.49. The zero-order valence-electron chi connectivity index (χ0n) is 8.56. The Morgan fingerprint density at radius 2 is 2.20 bits per heavy atom. The normalized spacial score (nSPS) is 23.6. The number of rotatable bonds is 3. The van der Waals surface area contributed by atoms with Crippen LogP contribution in [0.2, 0.25) is 0 Å². The molecular formula is C9H17N3O3. The highest BCUT2D eigenvalue weighted by atomic mass is 16.3. The average molecular weight is 215 g/mol. The number of amides is 2. The standard InChI is InChI=1S/C9H17N3O3/c10-7(4-8(11)14)9(15)12-3-1-2-6(13)5-12/h6-7,13H,1-5,10H2,(H2,11,14)/t6-,7?/m0/s1. The van der Waals surface area contributed by atoms with Crippen LogP contribution in [0.4, 0.5) is 0 Å². The van der Waals surface area contributed by atoms with Gasteiger partial charge in [-0.1, -0.05) is 0 Å². The van der Waals surface area contributed by atoms with Crippen molar-refractivity contribution in [3.05, 3.63) is 0 Å². The van der Waals surface area contributed by atoms with Crippen molar-refractivity contribution in [3.63, 3.8) is 0 Å². The number of carbonyl (C=O) groups is 2. The first-order valence-electron chi connectivity index (χ1n) is 5.01. The molecular weight excluding hydrogens is 198 g/mol. The summed E-state index contributed by atoms with van der Waals surface area (Å²) in [7, 11) is 0. The number of likely N-dealkylation sites (tertiary alicyclic amines) is 1. The van der Waals surface area contributed by atoms with Crippen LogP contribution in [0.25, 0.3) is 0 Å². The fraction of sp³-hybridized carbons (Fsp3) is 0.778. The summed E-state index contributed by atoms with van der Waals surface area (Å²) in [5.41, 5.74) is 10.5. The van der Waals surface area contributed by atoms with Gasteiger partial charge in [-0.25, -0.2) is 0 Å². The number of nitrogens with zero attached hydrogens (tertiary/aromatic N) is 1. The Morgan fingerprint density at radius 1 is 1.53 bits per heavy atom. The number of β-amino-alcohol motifs (C(OH)–C–C–N with tert-alkyl or cyclic N) is 1. The first-order valence-corrected chi connectivity index (χ1v) is 5.01. The lowest BCUT2D eigenvalue weighted by Crippen LogP contribution is -2.50. The van der Waals surface area contributed by atoms with Crippen LogP contribution in [-0.4, -0.2) is 47.1 Å². The topological polar surface area (TPSA) is 110 Å². The molecule has 1 aliphatic rings. The molecule has 2 amide bonds. The van der Waals surface area contributed by atoms with Crippen molar-refractivity contribution in [1.82, 2.24) is 4.90 Å². The van der Waals surface area contributed by atoms with Gasteiger partial charge in [0, 0.05) is 13.1 Å². The minimum Gasteiger partial charge on any atom is -0.391 e. The number of aliphatic hydroxyl groups excluding tert-OH is 1. The Kier molecular flexibility index (Phi) is 4.05. The van der Waals surface area contributed by atoms with E-state index in [9.17, 15) is 14.7 Å². The molecule has 1 unspecified atom stereocenters. The van der Waals surface area contributed by atoms with Crippen molar-refractivity contribution < 1.29 is 14.7 Å². The van der Waals surface area contributed by atoms with Crippen LogP contribution in [0, 0.1) is 0 Å². The minimum atomic E-state index is -0.882. The molecule has 1 saturated heterocycles. The van der Waals surface area contributed by atoms with E-state index in [0.29, 0.717) is 19.5 Å². The van der Waals surface area contributed by atoms with E-state index in [4.69, 9.17) is 11.5 Å². The highest BCUT2D eigenvalue weighted by molar-refractivity contribution is 5.87. The summed E-state index contributed by atoms with van der Waals surface area (Å²) in [4.78, 5) is 23.7. The second kappa shape index (κ2) is 5.09. The molecule has 6 heteroatoms. The number of aliphatic hydroxyl groups is 1. The van der Waals surface area contributed by atoms with Crippen LogP contribution >= 0.6 is 0 Å². The summed E-state index contributed by atoms with van der Waals surface area (Å²) in [5.74, 6) is -0.902. The second-order valence-electron chi connectivity index (χ2n) is 3.86. The number of hydrogen-bond acceptors (Lipinski definition) is 4. The van der Waals surface area contributed by atoms with E-state index in [1.165, 1.54) is 4.90 Å². The molecule has 86 valence electrons. The molecule has 0 bridgehead atoms. The monoisotopic (exact) mass is 215 g/mol. The number of hydrogen-bond donors (Lipinski definition) is 3. The maximum absolute atomic E-state index is 11.7. The Bertz CT molecular complexity index is 257. The molecule has 0 saturated carbocycles. The molecule has 1 heterocycles. The van der Waals surface area contributed by atoms with Crippen LogP contribution in [0.5, 0.6) is 0 Å². The molecule has 6 nitrogen and oxygen atoms in total. The fourth-order valence-corrected chi connectivity index (χ4v) is 1.69. The Morgan fingerprint density at radius 3 is 2.73 bits per heavy atom. The van der Waals surface area contributed by atoms with E-state index in [0.717, 1.165) is 6.42 Å². The molecule has 1 rings (SSSR count). The second-order valence-corrected chi connectivity index (χ2v) is 3.86. The van der Waals surface area contributed by atoms with E-state index in [1.54, 1.807) is 0 Å². The van der Waals surface area contributed by atoms with Gasteiger partial charge in [0.05, 0.1) is 18.6 Å². The van der Waals surface area contributed by atoms with Crippen molar-refractivity contribution in [2.75, 3.05) is 13.1 Å². The summed E-state index contributed by atoms with van der Waals surface area (Å²) in [5, 5.41) is 9.37. The summed E-state index contributed by atoms with van der Waals surface area (Å²) in [6.45, 7) is 0.883. The zero-order chi connectivity index (χ0) is 11.4. The van der Waals surface area contributed by atoms with Crippen LogP contribution < -0.4 is 11.5 Å². The van der Waals surface area contributed by atoms with Crippen LogP contribution in [0.1, 0.15) is 19.3 Å². The van der Waals surface area contributed by atoms with E-state index in [-0.39, 0.29) is 12.3 Å². The van der Waals surface area contributed by atoms with Gasteiger partial charge in [-0.05, 0) is 12.8 Å². The van der Waals surface area contributed by atoms with Crippen LogP contribution in [-0.2, 0) is 9.59 Å². The van der Waals surface area contributed by atoms with Gasteiger partial charge in [-0.3, -0.25) is 9.59 Å². The number of primary amides is 1. The van der Waals surface area contributed by atoms with Gasteiger partial charge in [-0.2, -0.15) is 0 Å². The van der Waals surface area contributed by atoms with Crippen molar-refractivity contribution in [1.29, 1.82) is 0 Å². The minimum absolute atomic E-state index is 0.147. The summed E-state index contributed by atoms with van der Waals surface area (Å²) < 4.78 is 0. The van der Waals surface area contributed by atoms with E-state index < -0.39 is 18.1 Å². The Labute approximate surface area is 88.2 Å². The van der Waals surface area contributed by atoms with Crippen molar-refractivity contribution in [2.45, 2.75) is 31.4 Å². The molecule has 0 aromatic rings. The predicted octanol–water partition coefficient (Wildman–Crippen LogP) is -1.83. The summed E-state index contributed by atoms with van der Waals surface area (Å²) >= 11 is 0. The maximum Gasteiger partial charge on any atom is 0.240 e. The lowest BCUT2D eigenvalue weighted by molar-refractivity contribution is -0.137. The summed E-state index contributed by atoms with van der Waals surface area (Å²) in [6.07, 6.45) is 0.833. The molecule has 5 N–H and O–H groups in total. The quantitative estimate of drug-likeness (QED) is 0.514. The fourth-order valence-electron chi connectivity index (χ4n) is 1.69. The van der Waals surface area contributed by atoms with Crippen molar-refractivity contribution >= 4 is 11.8 Å². The van der Waals surface area contributed by atoms with Gasteiger partial charge >= 0.3 is 0 Å². The lowest BCUT2D eigenvalue weighted by Gasteiger charge is -2.31. The lowest BCUT2D eigenvalue weighted by atomic mass is 10.1.